The highest BCUT2D eigenvalue weighted by Gasteiger charge is 2.06. The monoisotopic (exact) mass is 488 g/mol. The quantitative estimate of drug-likeness (QED) is 0.214. The van der Waals surface area contributed by atoms with E-state index >= 15 is 0 Å². The number of halogens is 2. The molecule has 0 unspecified atom stereocenters. The molecule has 176 valence electrons. The number of carbonyl (C=O) groups excluding carboxylic acids is 2. The van der Waals surface area contributed by atoms with E-state index in [1.165, 1.54) is 0 Å². The van der Waals surface area contributed by atoms with Gasteiger partial charge in [-0.3, -0.25) is 9.59 Å². The zero-order valence-electron chi connectivity index (χ0n) is 19.0. The third-order valence-corrected chi connectivity index (χ3v) is 5.47. The fraction of sp³-hybridized carbons (Fsp3) is 0.360. The summed E-state index contributed by atoms with van der Waals surface area (Å²) in [6, 6.07) is 14.7. The van der Waals surface area contributed by atoms with Gasteiger partial charge in [0.1, 0.15) is 0 Å². The van der Waals surface area contributed by atoms with Gasteiger partial charge in [0.05, 0.1) is 11.4 Å². The molecule has 0 aliphatic heterocycles. The smallest absolute Gasteiger partial charge is 0.240 e. The van der Waals surface area contributed by atoms with E-state index in [-0.39, 0.29) is 11.8 Å². The lowest BCUT2D eigenvalue weighted by Gasteiger charge is -2.06. The van der Waals surface area contributed by atoms with Crippen molar-refractivity contribution < 1.29 is 9.59 Å². The van der Waals surface area contributed by atoms with Crippen LogP contribution in [0.4, 0.5) is 0 Å². The van der Waals surface area contributed by atoms with Crippen LogP contribution in [0.25, 0.3) is 0 Å². The third-order valence-electron chi connectivity index (χ3n) is 4.96. The van der Waals surface area contributed by atoms with Crippen molar-refractivity contribution in [2.75, 3.05) is 0 Å². The average Bonchev–Trinajstić information content (AvgIpc) is 2.81. The number of rotatable bonds is 12. The molecular weight excluding hydrogens is 459 g/mol. The Bertz CT molecular complexity index is 891. The van der Waals surface area contributed by atoms with E-state index in [0.717, 1.165) is 29.0 Å². The Hall–Kier alpha value is -2.70. The minimum absolute atomic E-state index is 0.139. The van der Waals surface area contributed by atoms with Gasteiger partial charge < -0.3 is 0 Å². The summed E-state index contributed by atoms with van der Waals surface area (Å²) in [7, 11) is 0. The molecule has 0 spiro atoms. The predicted molar refractivity (Wildman–Crippen MR) is 136 cm³/mol. The fourth-order valence-electron chi connectivity index (χ4n) is 3.10. The number of carbonyl (C=O) groups is 2. The van der Waals surface area contributed by atoms with Crippen molar-refractivity contribution in [1.82, 2.24) is 10.9 Å². The first-order valence-corrected chi connectivity index (χ1v) is 11.9. The minimum Gasteiger partial charge on any atom is -0.273 e. The van der Waals surface area contributed by atoms with Gasteiger partial charge in [-0.1, -0.05) is 67.7 Å². The Morgan fingerprint density at radius 3 is 1.36 bits per heavy atom. The molecule has 6 nitrogen and oxygen atoms in total. The summed E-state index contributed by atoms with van der Waals surface area (Å²) >= 11 is 11.8. The first-order valence-electron chi connectivity index (χ1n) is 11.2. The molecule has 33 heavy (non-hydrogen) atoms. The zero-order valence-corrected chi connectivity index (χ0v) is 20.5. The highest BCUT2D eigenvalue weighted by Crippen LogP contribution is 2.13. The molecule has 2 amide bonds. The topological polar surface area (TPSA) is 82.9 Å². The van der Waals surface area contributed by atoms with Crippen molar-refractivity contribution in [2.45, 2.75) is 58.8 Å². The van der Waals surface area contributed by atoms with Crippen LogP contribution in [0.5, 0.6) is 0 Å². The molecule has 0 saturated heterocycles. The van der Waals surface area contributed by atoms with Gasteiger partial charge in [-0.25, -0.2) is 10.9 Å². The van der Waals surface area contributed by atoms with Crippen LogP contribution in [0, 0.1) is 0 Å². The third kappa shape index (κ3) is 9.76. The standard InChI is InChI=1S/C25H30Cl2N4O2/c1-3-22(18-10-14-20(26)15-11-18)28-30-24(32)8-6-5-7-9-25(33)31-29-23(4-2)19-12-16-21(27)17-13-19/h10-17H,3-9H2,1-2H3,(H,30,32)(H,31,33). The van der Waals surface area contributed by atoms with Crippen LogP contribution in [0.2, 0.25) is 10.0 Å². The maximum absolute atomic E-state index is 12.1. The van der Waals surface area contributed by atoms with E-state index < -0.39 is 0 Å². The Labute approximate surface area is 205 Å². The first kappa shape index (κ1) is 26.6. The number of nitrogens with zero attached hydrogens (tertiary/aromatic N) is 2. The Balaban J connectivity index is 1.67. The van der Waals surface area contributed by atoms with Crippen molar-refractivity contribution in [3.63, 3.8) is 0 Å². The number of unbranched alkanes of at least 4 members (excludes halogenated alkanes) is 2. The van der Waals surface area contributed by atoms with Crippen LogP contribution in [-0.4, -0.2) is 23.2 Å². The molecule has 0 aliphatic carbocycles. The highest BCUT2D eigenvalue weighted by atomic mass is 35.5. The molecule has 2 aromatic rings. The van der Waals surface area contributed by atoms with E-state index in [4.69, 9.17) is 23.2 Å². The van der Waals surface area contributed by atoms with E-state index in [1.807, 2.05) is 38.1 Å². The van der Waals surface area contributed by atoms with Gasteiger partial charge in [0.25, 0.3) is 0 Å². The number of nitrogens with one attached hydrogen (secondary N) is 2. The van der Waals surface area contributed by atoms with Crippen molar-refractivity contribution in [1.29, 1.82) is 0 Å². The molecule has 0 radical (unpaired) electrons. The van der Waals surface area contributed by atoms with Crippen LogP contribution >= 0.6 is 23.2 Å². The molecule has 0 fully saturated rings. The van der Waals surface area contributed by atoms with Crippen molar-refractivity contribution in [2.24, 2.45) is 10.2 Å². The average molecular weight is 489 g/mol. The maximum atomic E-state index is 12.1. The van der Waals surface area contributed by atoms with Crippen LogP contribution in [0.1, 0.15) is 69.9 Å². The van der Waals surface area contributed by atoms with Gasteiger partial charge >= 0.3 is 0 Å². The normalized spacial score (nSPS) is 11.9. The summed E-state index contributed by atoms with van der Waals surface area (Å²) in [5, 5.41) is 9.79. The fourth-order valence-corrected chi connectivity index (χ4v) is 3.35. The van der Waals surface area contributed by atoms with Crippen LogP contribution in [0.3, 0.4) is 0 Å². The minimum atomic E-state index is -0.139. The van der Waals surface area contributed by atoms with Gasteiger partial charge in [-0.15, -0.1) is 0 Å². The maximum Gasteiger partial charge on any atom is 0.240 e. The number of hydrazone groups is 2. The second kappa shape index (κ2) is 14.4. The Morgan fingerprint density at radius 2 is 1.03 bits per heavy atom. The summed E-state index contributed by atoms with van der Waals surface area (Å²) in [6.07, 6.45) is 4.24. The van der Waals surface area contributed by atoms with Crippen molar-refractivity contribution >= 4 is 46.4 Å². The molecule has 2 N–H and O–H groups in total. The zero-order chi connectivity index (χ0) is 24.1. The molecule has 0 bridgehead atoms. The molecule has 0 saturated carbocycles. The Morgan fingerprint density at radius 1 is 0.667 bits per heavy atom. The SMILES string of the molecule is CCC(=NNC(=O)CCCCCC(=O)NN=C(CC)c1ccc(Cl)cc1)c1ccc(Cl)cc1. The predicted octanol–water partition coefficient (Wildman–Crippen LogP) is 6.10. The number of hydrogen-bond donors (Lipinski definition) is 2. The lowest BCUT2D eigenvalue weighted by Crippen LogP contribution is -2.20. The van der Waals surface area contributed by atoms with Gasteiger partial charge in [0, 0.05) is 22.9 Å². The molecule has 0 atom stereocenters. The summed E-state index contributed by atoms with van der Waals surface area (Å²) in [5.41, 5.74) is 8.68. The summed E-state index contributed by atoms with van der Waals surface area (Å²) in [5.74, 6) is -0.279. The summed E-state index contributed by atoms with van der Waals surface area (Å²) in [6.45, 7) is 3.96. The number of benzene rings is 2. The lowest BCUT2D eigenvalue weighted by molar-refractivity contribution is -0.121. The Kier molecular flexibility index (Phi) is 11.6. The molecule has 2 rings (SSSR count). The summed E-state index contributed by atoms with van der Waals surface area (Å²) < 4.78 is 0. The first-order chi connectivity index (χ1) is 15.9. The van der Waals surface area contributed by atoms with Gasteiger partial charge in [-0.2, -0.15) is 10.2 Å². The number of amides is 2. The van der Waals surface area contributed by atoms with E-state index in [1.54, 1.807) is 24.3 Å². The van der Waals surface area contributed by atoms with Gasteiger partial charge in [-0.05, 0) is 61.1 Å². The number of hydrogen-bond acceptors (Lipinski definition) is 4. The summed E-state index contributed by atoms with van der Waals surface area (Å²) in [4.78, 5) is 24.1. The van der Waals surface area contributed by atoms with Gasteiger partial charge in [0.2, 0.25) is 11.8 Å². The second-order valence-electron chi connectivity index (χ2n) is 7.47. The van der Waals surface area contributed by atoms with Crippen LogP contribution < -0.4 is 10.9 Å². The van der Waals surface area contributed by atoms with Crippen molar-refractivity contribution in [3.05, 3.63) is 69.7 Å². The van der Waals surface area contributed by atoms with Gasteiger partial charge in [0.15, 0.2) is 0 Å². The van der Waals surface area contributed by atoms with E-state index in [9.17, 15) is 9.59 Å². The second-order valence-corrected chi connectivity index (χ2v) is 8.34. The largest absolute Gasteiger partial charge is 0.273 e. The highest BCUT2D eigenvalue weighted by molar-refractivity contribution is 6.31. The van der Waals surface area contributed by atoms with Crippen molar-refractivity contribution in [3.8, 4) is 0 Å². The molecule has 0 heterocycles. The van der Waals surface area contributed by atoms with Crippen LogP contribution in [0.15, 0.2) is 58.7 Å². The van der Waals surface area contributed by atoms with E-state index in [2.05, 4.69) is 21.1 Å². The van der Waals surface area contributed by atoms with E-state index in [0.29, 0.717) is 48.6 Å². The molecule has 2 aromatic carbocycles. The molecular formula is C25H30Cl2N4O2. The lowest BCUT2D eigenvalue weighted by atomic mass is 10.1. The molecule has 0 aliphatic rings. The van der Waals surface area contributed by atoms with Crippen LogP contribution in [-0.2, 0) is 9.59 Å². The molecule has 0 aromatic heterocycles. The molecule has 8 heteroatoms.